The second kappa shape index (κ2) is 5.73. The second-order valence-electron chi connectivity index (χ2n) is 5.82. The predicted molar refractivity (Wildman–Crippen MR) is 79.1 cm³/mol. The van der Waals surface area contributed by atoms with Gasteiger partial charge in [0.1, 0.15) is 12.4 Å². The highest BCUT2D eigenvalue weighted by Crippen LogP contribution is 2.30. The van der Waals surface area contributed by atoms with Crippen LogP contribution in [0.3, 0.4) is 0 Å². The normalized spacial score (nSPS) is 22.1. The zero-order valence-electron chi connectivity index (χ0n) is 12.0. The molecule has 2 aliphatic heterocycles. The van der Waals surface area contributed by atoms with E-state index in [0.29, 0.717) is 19.1 Å². The molecule has 0 aliphatic carbocycles. The molecule has 4 heteroatoms. The van der Waals surface area contributed by atoms with Crippen LogP contribution in [0.25, 0.3) is 0 Å². The molecule has 20 heavy (non-hydrogen) atoms. The van der Waals surface area contributed by atoms with Gasteiger partial charge in [-0.25, -0.2) is 0 Å². The molecule has 2 aliphatic rings. The van der Waals surface area contributed by atoms with E-state index in [-0.39, 0.29) is 5.91 Å². The molecule has 1 fully saturated rings. The number of carbonyl (C=O) groups is 1. The molecule has 0 aromatic heterocycles. The van der Waals surface area contributed by atoms with Crippen LogP contribution in [0.15, 0.2) is 24.3 Å². The Kier molecular flexibility index (Phi) is 3.81. The van der Waals surface area contributed by atoms with Gasteiger partial charge in [-0.15, -0.1) is 0 Å². The fourth-order valence-corrected chi connectivity index (χ4v) is 3.07. The summed E-state index contributed by atoms with van der Waals surface area (Å²) in [4.78, 5) is 16.6. The van der Waals surface area contributed by atoms with E-state index >= 15 is 0 Å². The number of hydrogen-bond acceptors (Lipinski definition) is 3. The number of likely N-dealkylation sites (tertiary alicyclic amines) is 1. The quantitative estimate of drug-likeness (QED) is 0.828. The zero-order chi connectivity index (χ0) is 13.9. The predicted octanol–water partition coefficient (Wildman–Crippen LogP) is 2.14. The lowest BCUT2D eigenvalue weighted by Gasteiger charge is -2.35. The monoisotopic (exact) mass is 274 g/mol. The largest absolute Gasteiger partial charge is 0.490 e. The highest BCUT2D eigenvalue weighted by atomic mass is 16.5. The summed E-state index contributed by atoms with van der Waals surface area (Å²) in [5.74, 6) is 1.76. The Morgan fingerprint density at radius 1 is 1.35 bits per heavy atom. The summed E-state index contributed by atoms with van der Waals surface area (Å²) in [6, 6.07) is 7.96. The number of amides is 1. The Bertz CT molecular complexity index is 489. The molecule has 1 amide bonds. The van der Waals surface area contributed by atoms with E-state index in [1.807, 2.05) is 29.2 Å². The average molecular weight is 274 g/mol. The number of anilines is 1. The maximum Gasteiger partial charge on any atom is 0.242 e. The fraction of sp³-hybridized carbons (Fsp3) is 0.562. The van der Waals surface area contributed by atoms with Crippen molar-refractivity contribution in [2.45, 2.75) is 19.8 Å². The Morgan fingerprint density at radius 3 is 3.05 bits per heavy atom. The van der Waals surface area contributed by atoms with Gasteiger partial charge in [-0.1, -0.05) is 19.1 Å². The Morgan fingerprint density at radius 2 is 2.20 bits per heavy atom. The molecule has 3 rings (SSSR count). The van der Waals surface area contributed by atoms with Crippen LogP contribution in [0.2, 0.25) is 0 Å². The molecular weight excluding hydrogens is 252 g/mol. The summed E-state index contributed by atoms with van der Waals surface area (Å²) < 4.78 is 5.63. The van der Waals surface area contributed by atoms with Gasteiger partial charge in [-0.2, -0.15) is 0 Å². The lowest BCUT2D eigenvalue weighted by molar-refractivity contribution is -0.131. The van der Waals surface area contributed by atoms with Crippen molar-refractivity contribution in [1.29, 1.82) is 0 Å². The van der Waals surface area contributed by atoms with E-state index in [9.17, 15) is 4.79 Å². The first kappa shape index (κ1) is 13.3. The van der Waals surface area contributed by atoms with E-state index in [1.54, 1.807) is 0 Å². The first-order valence-electron chi connectivity index (χ1n) is 7.48. The third kappa shape index (κ3) is 2.74. The van der Waals surface area contributed by atoms with Gasteiger partial charge < -0.3 is 14.5 Å². The third-order valence-electron chi connectivity index (χ3n) is 4.16. The Labute approximate surface area is 120 Å². The number of nitrogens with zero attached hydrogens (tertiary/aromatic N) is 2. The van der Waals surface area contributed by atoms with Crippen LogP contribution in [-0.2, 0) is 4.79 Å². The van der Waals surface area contributed by atoms with E-state index in [4.69, 9.17) is 4.74 Å². The van der Waals surface area contributed by atoms with Gasteiger partial charge in [0.15, 0.2) is 0 Å². The molecule has 0 spiro atoms. The van der Waals surface area contributed by atoms with Gasteiger partial charge in [0.2, 0.25) is 5.91 Å². The average Bonchev–Trinajstić information content (AvgIpc) is 2.47. The van der Waals surface area contributed by atoms with Gasteiger partial charge in [0.25, 0.3) is 0 Å². The number of benzene rings is 1. The molecule has 0 N–H and O–H groups in total. The fourth-order valence-electron chi connectivity index (χ4n) is 3.07. The maximum absolute atomic E-state index is 12.5. The van der Waals surface area contributed by atoms with Crippen molar-refractivity contribution in [2.75, 3.05) is 37.7 Å². The van der Waals surface area contributed by atoms with E-state index in [2.05, 4.69) is 11.8 Å². The first-order chi connectivity index (χ1) is 9.74. The van der Waals surface area contributed by atoms with Crippen molar-refractivity contribution < 1.29 is 9.53 Å². The minimum Gasteiger partial charge on any atom is -0.490 e. The lowest BCUT2D eigenvalue weighted by atomic mass is 10.0. The zero-order valence-corrected chi connectivity index (χ0v) is 12.0. The molecule has 1 aromatic rings. The van der Waals surface area contributed by atoms with Crippen LogP contribution in [0.1, 0.15) is 19.8 Å². The standard InChI is InChI=1S/C16H22N2O2/c1-13-5-4-8-18(11-13)16(19)12-17-9-10-20-15-7-3-2-6-14(15)17/h2-3,6-7,13H,4-5,8-12H2,1H3. The summed E-state index contributed by atoms with van der Waals surface area (Å²) in [5.41, 5.74) is 1.04. The molecule has 0 radical (unpaired) electrons. The van der Waals surface area contributed by atoms with Crippen LogP contribution >= 0.6 is 0 Å². The number of piperidine rings is 1. The number of carbonyl (C=O) groups excluding carboxylic acids is 1. The SMILES string of the molecule is CC1CCCN(C(=O)CN2CCOc3ccccc32)C1. The van der Waals surface area contributed by atoms with Crippen molar-refractivity contribution in [3.63, 3.8) is 0 Å². The van der Waals surface area contributed by atoms with Crippen molar-refractivity contribution in [1.82, 2.24) is 4.90 Å². The minimum absolute atomic E-state index is 0.244. The van der Waals surface area contributed by atoms with E-state index in [1.165, 1.54) is 6.42 Å². The topological polar surface area (TPSA) is 32.8 Å². The molecule has 1 atom stereocenters. The van der Waals surface area contributed by atoms with Gasteiger partial charge >= 0.3 is 0 Å². The summed E-state index contributed by atoms with van der Waals surface area (Å²) in [7, 11) is 0. The molecule has 108 valence electrons. The number of hydrogen-bond donors (Lipinski definition) is 0. The Balaban J connectivity index is 1.68. The number of fused-ring (bicyclic) bond motifs is 1. The summed E-state index contributed by atoms with van der Waals surface area (Å²) in [6.07, 6.45) is 2.37. The molecule has 1 unspecified atom stereocenters. The molecule has 1 saturated heterocycles. The highest BCUT2D eigenvalue weighted by molar-refractivity contribution is 5.82. The number of rotatable bonds is 2. The highest BCUT2D eigenvalue weighted by Gasteiger charge is 2.25. The van der Waals surface area contributed by atoms with Gasteiger partial charge in [0.05, 0.1) is 18.8 Å². The smallest absolute Gasteiger partial charge is 0.242 e. The lowest BCUT2D eigenvalue weighted by Crippen LogP contribution is -2.46. The minimum atomic E-state index is 0.244. The molecule has 0 bridgehead atoms. The van der Waals surface area contributed by atoms with Crippen LogP contribution in [0, 0.1) is 5.92 Å². The van der Waals surface area contributed by atoms with Crippen molar-refractivity contribution in [3.8, 4) is 5.75 Å². The molecule has 2 heterocycles. The van der Waals surface area contributed by atoms with Gasteiger partial charge in [-0.05, 0) is 30.9 Å². The molecular formula is C16H22N2O2. The molecule has 4 nitrogen and oxygen atoms in total. The summed E-state index contributed by atoms with van der Waals surface area (Å²) in [5, 5.41) is 0. The van der Waals surface area contributed by atoms with Crippen molar-refractivity contribution in [2.24, 2.45) is 5.92 Å². The van der Waals surface area contributed by atoms with Crippen molar-refractivity contribution >= 4 is 11.6 Å². The summed E-state index contributed by atoms with van der Waals surface area (Å²) >= 11 is 0. The second-order valence-corrected chi connectivity index (χ2v) is 5.82. The van der Waals surface area contributed by atoms with E-state index in [0.717, 1.165) is 37.5 Å². The van der Waals surface area contributed by atoms with E-state index < -0.39 is 0 Å². The number of ether oxygens (including phenoxy) is 1. The molecule has 0 saturated carbocycles. The van der Waals surface area contributed by atoms with Crippen LogP contribution in [0.4, 0.5) is 5.69 Å². The summed E-state index contributed by atoms with van der Waals surface area (Å²) in [6.45, 7) is 5.95. The number of para-hydroxylation sites is 2. The van der Waals surface area contributed by atoms with Gasteiger partial charge in [-0.3, -0.25) is 4.79 Å². The maximum atomic E-state index is 12.5. The van der Waals surface area contributed by atoms with Crippen molar-refractivity contribution in [3.05, 3.63) is 24.3 Å². The van der Waals surface area contributed by atoms with Crippen LogP contribution < -0.4 is 9.64 Å². The third-order valence-corrected chi connectivity index (χ3v) is 4.16. The van der Waals surface area contributed by atoms with Gasteiger partial charge in [0, 0.05) is 13.1 Å². The first-order valence-corrected chi connectivity index (χ1v) is 7.48. The molecule has 1 aromatic carbocycles. The Hall–Kier alpha value is -1.71. The van der Waals surface area contributed by atoms with Crippen LogP contribution in [-0.4, -0.2) is 43.6 Å². The van der Waals surface area contributed by atoms with Crippen LogP contribution in [0.5, 0.6) is 5.75 Å².